The summed E-state index contributed by atoms with van der Waals surface area (Å²) in [6.45, 7) is 3.31. The lowest BCUT2D eigenvalue weighted by Crippen LogP contribution is -2.40. The van der Waals surface area contributed by atoms with E-state index >= 15 is 0 Å². The van der Waals surface area contributed by atoms with E-state index in [1.165, 1.54) is 18.7 Å². The molecule has 3 rings (SSSR count). The molecule has 1 aromatic heterocycles. The Labute approximate surface area is 163 Å². The van der Waals surface area contributed by atoms with Gasteiger partial charge in [-0.15, -0.1) is 0 Å². The average molecular weight is 377 g/mol. The molecule has 0 aliphatic heterocycles. The predicted octanol–water partition coefficient (Wildman–Crippen LogP) is 3.08. The lowest BCUT2D eigenvalue weighted by Gasteiger charge is -2.21. The van der Waals surface area contributed by atoms with Gasteiger partial charge in [0.2, 0.25) is 11.8 Å². The van der Waals surface area contributed by atoms with Crippen molar-refractivity contribution in [2.45, 2.75) is 20.3 Å². The molecule has 0 unspecified atom stereocenters. The van der Waals surface area contributed by atoms with Crippen LogP contribution in [0.2, 0.25) is 0 Å². The zero-order chi connectivity index (χ0) is 20.1. The summed E-state index contributed by atoms with van der Waals surface area (Å²) in [4.78, 5) is 40.3. The summed E-state index contributed by atoms with van der Waals surface area (Å²) in [7, 11) is 0. The number of fused-ring (bicyclic) bond motifs is 1. The van der Waals surface area contributed by atoms with Crippen LogP contribution in [0.25, 0.3) is 10.9 Å². The molecule has 1 heterocycles. The number of carbonyl (C=O) groups excluding carboxylic acids is 3. The molecule has 0 atom stereocenters. The molecule has 0 aliphatic rings. The van der Waals surface area contributed by atoms with Crippen molar-refractivity contribution in [2.75, 3.05) is 18.0 Å². The molecule has 6 nitrogen and oxygen atoms in total. The first-order valence-electron chi connectivity index (χ1n) is 9.16. The number of H-pyrrole nitrogens is 1. The highest BCUT2D eigenvalue weighted by atomic mass is 16.2. The number of aromatic nitrogens is 1. The van der Waals surface area contributed by atoms with Crippen LogP contribution in [0.3, 0.4) is 0 Å². The standard InChI is InChI=1S/C22H23N3O3/c1-15(26)17-7-9-19(10-8-17)25(16(2)27)14-22(28)23-12-11-18-13-24-21-6-4-3-5-20(18)21/h3-10,13,24H,11-12,14H2,1-2H3,(H,23,28). The highest BCUT2D eigenvalue weighted by molar-refractivity contribution is 5.98. The average Bonchev–Trinajstić information content (AvgIpc) is 3.09. The summed E-state index contributed by atoms with van der Waals surface area (Å²) in [5.74, 6) is -0.510. The number of hydrogen-bond acceptors (Lipinski definition) is 3. The van der Waals surface area contributed by atoms with E-state index in [9.17, 15) is 14.4 Å². The third-order valence-electron chi connectivity index (χ3n) is 4.66. The molecular formula is C22H23N3O3. The maximum atomic E-state index is 12.3. The monoisotopic (exact) mass is 377 g/mol. The summed E-state index contributed by atoms with van der Waals surface area (Å²) < 4.78 is 0. The molecule has 6 heteroatoms. The van der Waals surface area contributed by atoms with E-state index in [-0.39, 0.29) is 24.1 Å². The SMILES string of the molecule is CC(=O)c1ccc(N(CC(=O)NCCc2c[nH]c3ccccc23)C(C)=O)cc1. The van der Waals surface area contributed by atoms with Gasteiger partial charge in [-0.2, -0.15) is 0 Å². The van der Waals surface area contributed by atoms with Crippen molar-refractivity contribution in [2.24, 2.45) is 0 Å². The van der Waals surface area contributed by atoms with Crippen LogP contribution in [-0.2, 0) is 16.0 Å². The summed E-state index contributed by atoms with van der Waals surface area (Å²) >= 11 is 0. The summed E-state index contributed by atoms with van der Waals surface area (Å²) in [6, 6.07) is 14.7. The van der Waals surface area contributed by atoms with Crippen molar-refractivity contribution >= 4 is 34.2 Å². The van der Waals surface area contributed by atoms with Crippen molar-refractivity contribution in [1.82, 2.24) is 10.3 Å². The summed E-state index contributed by atoms with van der Waals surface area (Å²) in [5, 5.41) is 4.02. The minimum Gasteiger partial charge on any atom is -0.361 e. The highest BCUT2D eigenvalue weighted by Crippen LogP contribution is 2.18. The van der Waals surface area contributed by atoms with Crippen molar-refractivity contribution in [3.05, 3.63) is 65.9 Å². The summed E-state index contributed by atoms with van der Waals surface area (Å²) in [6.07, 6.45) is 2.65. The minimum absolute atomic E-state index is 0.0454. The zero-order valence-corrected chi connectivity index (χ0v) is 16.0. The van der Waals surface area contributed by atoms with Gasteiger partial charge < -0.3 is 15.2 Å². The molecule has 0 aliphatic carbocycles. The van der Waals surface area contributed by atoms with Gasteiger partial charge in [0, 0.05) is 41.8 Å². The van der Waals surface area contributed by atoms with E-state index in [0.717, 1.165) is 16.5 Å². The van der Waals surface area contributed by atoms with Crippen LogP contribution in [0.15, 0.2) is 54.7 Å². The van der Waals surface area contributed by atoms with Gasteiger partial charge in [0.05, 0.1) is 0 Å². The van der Waals surface area contributed by atoms with Gasteiger partial charge in [0.15, 0.2) is 5.78 Å². The smallest absolute Gasteiger partial charge is 0.240 e. The first kappa shape index (κ1) is 19.4. The maximum absolute atomic E-state index is 12.3. The van der Waals surface area contributed by atoms with E-state index in [0.29, 0.717) is 24.2 Å². The number of carbonyl (C=O) groups is 3. The second kappa shape index (κ2) is 8.52. The Balaban J connectivity index is 1.58. The number of benzene rings is 2. The third kappa shape index (κ3) is 4.46. The molecule has 0 saturated heterocycles. The van der Waals surface area contributed by atoms with E-state index in [1.54, 1.807) is 24.3 Å². The normalized spacial score (nSPS) is 10.6. The van der Waals surface area contributed by atoms with Gasteiger partial charge in [-0.25, -0.2) is 0 Å². The van der Waals surface area contributed by atoms with Crippen LogP contribution < -0.4 is 10.2 Å². The van der Waals surface area contributed by atoms with Gasteiger partial charge >= 0.3 is 0 Å². The van der Waals surface area contributed by atoms with Crippen LogP contribution in [0.4, 0.5) is 5.69 Å². The van der Waals surface area contributed by atoms with Crippen LogP contribution in [-0.4, -0.2) is 35.7 Å². The predicted molar refractivity (Wildman–Crippen MR) is 109 cm³/mol. The number of hydrogen-bond donors (Lipinski definition) is 2. The molecule has 0 fully saturated rings. The third-order valence-corrected chi connectivity index (χ3v) is 4.66. The molecule has 0 radical (unpaired) electrons. The highest BCUT2D eigenvalue weighted by Gasteiger charge is 2.16. The Morgan fingerprint density at radius 2 is 1.71 bits per heavy atom. The number of ketones is 1. The van der Waals surface area contributed by atoms with Gasteiger partial charge in [0.1, 0.15) is 6.54 Å². The number of Topliss-reactive ketones (excluding diaryl/α,β-unsaturated/α-hetero) is 1. The lowest BCUT2D eigenvalue weighted by atomic mass is 10.1. The second-order valence-corrected chi connectivity index (χ2v) is 6.67. The molecule has 0 bridgehead atoms. The Hall–Kier alpha value is -3.41. The topological polar surface area (TPSA) is 82.3 Å². The number of para-hydroxylation sites is 1. The number of aromatic amines is 1. The zero-order valence-electron chi connectivity index (χ0n) is 16.0. The fourth-order valence-corrected chi connectivity index (χ4v) is 3.14. The quantitative estimate of drug-likeness (QED) is 0.621. The molecule has 144 valence electrons. The molecule has 2 amide bonds. The summed E-state index contributed by atoms with van der Waals surface area (Å²) in [5.41, 5.74) is 3.36. The fourth-order valence-electron chi connectivity index (χ4n) is 3.14. The van der Waals surface area contributed by atoms with Gasteiger partial charge in [-0.1, -0.05) is 18.2 Å². The number of nitrogens with one attached hydrogen (secondary N) is 2. The van der Waals surface area contributed by atoms with Crippen molar-refractivity contribution in [1.29, 1.82) is 0 Å². The lowest BCUT2D eigenvalue weighted by molar-refractivity contribution is -0.123. The van der Waals surface area contributed by atoms with Gasteiger partial charge in [-0.3, -0.25) is 14.4 Å². The maximum Gasteiger partial charge on any atom is 0.240 e. The van der Waals surface area contributed by atoms with Crippen LogP contribution in [0, 0.1) is 0 Å². The first-order valence-corrected chi connectivity index (χ1v) is 9.16. The van der Waals surface area contributed by atoms with E-state index in [2.05, 4.69) is 10.3 Å². The molecule has 3 aromatic rings. The first-order chi connectivity index (χ1) is 13.5. The second-order valence-electron chi connectivity index (χ2n) is 6.67. The van der Waals surface area contributed by atoms with Crippen molar-refractivity contribution in [3.63, 3.8) is 0 Å². The Bertz CT molecular complexity index is 1010. The van der Waals surface area contributed by atoms with Crippen LogP contribution >= 0.6 is 0 Å². The van der Waals surface area contributed by atoms with Crippen LogP contribution in [0.1, 0.15) is 29.8 Å². The van der Waals surface area contributed by atoms with Gasteiger partial charge in [-0.05, 0) is 49.2 Å². The van der Waals surface area contributed by atoms with E-state index in [1.807, 2.05) is 30.5 Å². The Morgan fingerprint density at radius 3 is 2.39 bits per heavy atom. The minimum atomic E-state index is -0.234. The van der Waals surface area contributed by atoms with Crippen LogP contribution in [0.5, 0.6) is 0 Å². The molecule has 2 aromatic carbocycles. The number of rotatable bonds is 7. The van der Waals surface area contributed by atoms with Crippen molar-refractivity contribution in [3.8, 4) is 0 Å². The number of nitrogens with zero attached hydrogens (tertiary/aromatic N) is 1. The number of amides is 2. The number of anilines is 1. The molecule has 28 heavy (non-hydrogen) atoms. The molecular weight excluding hydrogens is 354 g/mol. The molecule has 0 spiro atoms. The Morgan fingerprint density at radius 1 is 1.00 bits per heavy atom. The van der Waals surface area contributed by atoms with E-state index in [4.69, 9.17) is 0 Å². The molecule has 2 N–H and O–H groups in total. The largest absolute Gasteiger partial charge is 0.361 e. The molecule has 0 saturated carbocycles. The van der Waals surface area contributed by atoms with Gasteiger partial charge in [0.25, 0.3) is 0 Å². The Kier molecular flexibility index (Phi) is 5.89. The van der Waals surface area contributed by atoms with Crippen molar-refractivity contribution < 1.29 is 14.4 Å². The fraction of sp³-hybridized carbons (Fsp3) is 0.227. The van der Waals surface area contributed by atoms with E-state index < -0.39 is 0 Å².